The quantitative estimate of drug-likeness (QED) is 0.444. The molecule has 4 nitrogen and oxygen atoms in total. The smallest absolute Gasteiger partial charge is 0.146 e. The fourth-order valence-electron chi connectivity index (χ4n) is 3.45. The zero-order chi connectivity index (χ0) is 16.3. The molecule has 0 unspecified atom stereocenters. The zero-order valence-corrected chi connectivity index (χ0v) is 13.4. The van der Waals surface area contributed by atoms with Crippen LogP contribution in [0.1, 0.15) is 5.56 Å². The molecule has 5 rings (SSSR count). The van der Waals surface area contributed by atoms with Crippen LogP contribution in [0.2, 0.25) is 0 Å². The SMILES string of the molecule is Cc1ccc(-c2nc3ccncc3n2C)c2oc3ccccc3c12. The number of aromatic nitrogens is 3. The van der Waals surface area contributed by atoms with Gasteiger partial charge < -0.3 is 8.98 Å². The standard InChI is InChI=1S/C20H15N3O/c1-12-7-8-14(19-18(12)13-5-3-4-6-17(13)24-19)20-22-15-9-10-21-11-16(15)23(20)2/h3-11H,1-2H3. The van der Waals surface area contributed by atoms with E-state index in [1.807, 2.05) is 37.5 Å². The summed E-state index contributed by atoms with van der Waals surface area (Å²) >= 11 is 0. The summed E-state index contributed by atoms with van der Waals surface area (Å²) in [6.07, 6.45) is 3.61. The van der Waals surface area contributed by atoms with Crippen molar-refractivity contribution in [1.29, 1.82) is 0 Å². The van der Waals surface area contributed by atoms with Crippen LogP contribution >= 0.6 is 0 Å². The summed E-state index contributed by atoms with van der Waals surface area (Å²) < 4.78 is 8.27. The molecular formula is C20H15N3O. The molecule has 0 radical (unpaired) electrons. The number of nitrogens with zero attached hydrogens (tertiary/aromatic N) is 3. The Labute approximate surface area is 138 Å². The van der Waals surface area contributed by atoms with E-state index in [0.29, 0.717) is 0 Å². The van der Waals surface area contributed by atoms with Crippen molar-refractivity contribution in [1.82, 2.24) is 14.5 Å². The Hall–Kier alpha value is -3.14. The van der Waals surface area contributed by atoms with Gasteiger partial charge in [0.05, 0.1) is 22.8 Å². The molecule has 0 N–H and O–H groups in total. The first-order valence-electron chi connectivity index (χ1n) is 7.92. The number of rotatable bonds is 1. The molecule has 0 aliphatic carbocycles. The second-order valence-corrected chi connectivity index (χ2v) is 6.09. The van der Waals surface area contributed by atoms with Crippen LogP contribution in [-0.4, -0.2) is 14.5 Å². The van der Waals surface area contributed by atoms with Gasteiger partial charge in [0.15, 0.2) is 0 Å². The minimum atomic E-state index is 0.891. The van der Waals surface area contributed by atoms with Crippen molar-refractivity contribution >= 4 is 33.0 Å². The maximum atomic E-state index is 6.20. The van der Waals surface area contributed by atoms with E-state index in [9.17, 15) is 0 Å². The van der Waals surface area contributed by atoms with E-state index in [1.54, 1.807) is 6.20 Å². The Morgan fingerprint density at radius 1 is 1.04 bits per heavy atom. The van der Waals surface area contributed by atoms with Gasteiger partial charge in [-0.15, -0.1) is 0 Å². The molecule has 0 aliphatic rings. The topological polar surface area (TPSA) is 43.9 Å². The molecule has 24 heavy (non-hydrogen) atoms. The van der Waals surface area contributed by atoms with Gasteiger partial charge in [-0.25, -0.2) is 4.98 Å². The fraction of sp³-hybridized carbons (Fsp3) is 0.100. The highest BCUT2D eigenvalue weighted by Crippen LogP contribution is 2.37. The monoisotopic (exact) mass is 313 g/mol. The highest BCUT2D eigenvalue weighted by atomic mass is 16.3. The van der Waals surface area contributed by atoms with Gasteiger partial charge >= 0.3 is 0 Å². The predicted octanol–water partition coefficient (Wildman–Crippen LogP) is 4.84. The lowest BCUT2D eigenvalue weighted by Gasteiger charge is -2.05. The molecule has 4 heteroatoms. The van der Waals surface area contributed by atoms with Gasteiger partial charge in [0.1, 0.15) is 17.0 Å². The molecule has 0 saturated carbocycles. The number of benzene rings is 2. The van der Waals surface area contributed by atoms with Crippen molar-refractivity contribution in [2.24, 2.45) is 7.05 Å². The summed E-state index contributed by atoms with van der Waals surface area (Å²) in [5.74, 6) is 0.891. The number of para-hydroxylation sites is 1. The average Bonchev–Trinajstić information content (AvgIpc) is 3.15. The lowest BCUT2D eigenvalue weighted by molar-refractivity contribution is 0.669. The summed E-state index contributed by atoms with van der Waals surface area (Å²) in [6, 6.07) is 14.3. The number of hydrogen-bond donors (Lipinski definition) is 0. The Bertz CT molecular complexity index is 1230. The largest absolute Gasteiger partial charge is 0.455 e. The first-order valence-corrected chi connectivity index (χ1v) is 7.92. The maximum absolute atomic E-state index is 6.20. The second-order valence-electron chi connectivity index (χ2n) is 6.09. The zero-order valence-electron chi connectivity index (χ0n) is 13.4. The highest BCUT2D eigenvalue weighted by molar-refractivity contribution is 6.11. The number of imidazole rings is 1. The normalized spacial score (nSPS) is 11.8. The predicted molar refractivity (Wildman–Crippen MR) is 96.0 cm³/mol. The van der Waals surface area contributed by atoms with Gasteiger partial charge in [-0.1, -0.05) is 24.3 Å². The Morgan fingerprint density at radius 3 is 2.79 bits per heavy atom. The van der Waals surface area contributed by atoms with Crippen molar-refractivity contribution in [3.05, 3.63) is 60.4 Å². The van der Waals surface area contributed by atoms with Crippen LogP contribution in [0.5, 0.6) is 0 Å². The van der Waals surface area contributed by atoms with E-state index in [1.165, 1.54) is 5.56 Å². The van der Waals surface area contributed by atoms with Gasteiger partial charge in [-0.2, -0.15) is 0 Å². The average molecular weight is 313 g/mol. The van der Waals surface area contributed by atoms with E-state index in [2.05, 4.69) is 34.7 Å². The van der Waals surface area contributed by atoms with E-state index >= 15 is 0 Å². The van der Waals surface area contributed by atoms with Crippen LogP contribution in [-0.2, 0) is 7.05 Å². The van der Waals surface area contributed by atoms with Crippen molar-refractivity contribution in [2.75, 3.05) is 0 Å². The van der Waals surface area contributed by atoms with Gasteiger partial charge in [0, 0.05) is 24.0 Å². The van der Waals surface area contributed by atoms with E-state index in [-0.39, 0.29) is 0 Å². The van der Waals surface area contributed by atoms with Crippen LogP contribution in [0.3, 0.4) is 0 Å². The Balaban J connectivity index is 1.92. The lowest BCUT2D eigenvalue weighted by atomic mass is 10.0. The minimum Gasteiger partial charge on any atom is -0.455 e. The molecular weight excluding hydrogens is 298 g/mol. The molecule has 0 fully saturated rings. The number of aryl methyl sites for hydroxylation is 2. The maximum Gasteiger partial charge on any atom is 0.146 e. The number of pyridine rings is 1. The van der Waals surface area contributed by atoms with Crippen LogP contribution in [0, 0.1) is 6.92 Å². The third-order valence-electron chi connectivity index (χ3n) is 4.66. The molecule has 5 aromatic rings. The van der Waals surface area contributed by atoms with Gasteiger partial charge in [-0.05, 0) is 30.7 Å². The summed E-state index contributed by atoms with van der Waals surface area (Å²) in [5.41, 5.74) is 5.96. The first-order chi connectivity index (χ1) is 11.7. The summed E-state index contributed by atoms with van der Waals surface area (Å²) in [4.78, 5) is 9.00. The molecule has 0 saturated heterocycles. The number of furan rings is 1. The number of fused-ring (bicyclic) bond motifs is 4. The van der Waals surface area contributed by atoms with Gasteiger partial charge in [0.2, 0.25) is 0 Å². The first kappa shape index (κ1) is 13.3. The number of hydrogen-bond acceptors (Lipinski definition) is 3. The van der Waals surface area contributed by atoms with Crippen molar-refractivity contribution < 1.29 is 4.42 Å². The van der Waals surface area contributed by atoms with Crippen molar-refractivity contribution in [3.8, 4) is 11.4 Å². The molecule has 0 aliphatic heterocycles. The molecule has 0 spiro atoms. The molecule has 2 aromatic carbocycles. The molecule has 3 heterocycles. The summed E-state index contributed by atoms with van der Waals surface area (Å²) in [5, 5.41) is 2.31. The van der Waals surface area contributed by atoms with E-state index in [4.69, 9.17) is 9.40 Å². The molecule has 0 atom stereocenters. The molecule has 3 aromatic heterocycles. The Morgan fingerprint density at radius 2 is 1.92 bits per heavy atom. The van der Waals surface area contributed by atoms with Crippen LogP contribution in [0.4, 0.5) is 0 Å². The molecule has 0 amide bonds. The molecule has 116 valence electrons. The van der Waals surface area contributed by atoms with Crippen molar-refractivity contribution in [2.45, 2.75) is 6.92 Å². The van der Waals surface area contributed by atoms with Crippen molar-refractivity contribution in [3.63, 3.8) is 0 Å². The molecule has 0 bridgehead atoms. The highest BCUT2D eigenvalue weighted by Gasteiger charge is 2.18. The lowest BCUT2D eigenvalue weighted by Crippen LogP contribution is -1.93. The summed E-state index contributed by atoms with van der Waals surface area (Å²) in [7, 11) is 2.01. The fourth-order valence-corrected chi connectivity index (χ4v) is 3.45. The third kappa shape index (κ3) is 1.68. The summed E-state index contributed by atoms with van der Waals surface area (Å²) in [6.45, 7) is 2.12. The van der Waals surface area contributed by atoms with Crippen LogP contribution in [0.25, 0.3) is 44.4 Å². The Kier molecular flexibility index (Phi) is 2.59. The van der Waals surface area contributed by atoms with Gasteiger partial charge in [-0.3, -0.25) is 4.98 Å². The van der Waals surface area contributed by atoms with E-state index in [0.717, 1.165) is 44.4 Å². The van der Waals surface area contributed by atoms with E-state index < -0.39 is 0 Å². The third-order valence-corrected chi connectivity index (χ3v) is 4.66. The van der Waals surface area contributed by atoms with Crippen LogP contribution < -0.4 is 0 Å². The second kappa shape index (κ2) is 4.68. The van der Waals surface area contributed by atoms with Crippen LogP contribution in [0.15, 0.2) is 59.3 Å². The van der Waals surface area contributed by atoms with Gasteiger partial charge in [0.25, 0.3) is 0 Å². The minimum absolute atomic E-state index is 0.891.